The third kappa shape index (κ3) is 2.21. The Morgan fingerprint density at radius 3 is 2.38 bits per heavy atom. The molecule has 0 atom stereocenters. The molecule has 13 heavy (non-hydrogen) atoms. The first-order valence-corrected chi connectivity index (χ1v) is 6.20. The molecule has 0 aromatic carbocycles. The highest BCUT2D eigenvalue weighted by molar-refractivity contribution is 7.80. The van der Waals surface area contributed by atoms with Gasteiger partial charge in [0.25, 0.3) is 0 Å². The highest BCUT2D eigenvalue weighted by Crippen LogP contribution is 2.47. The minimum Gasteiger partial charge on any atom is -0.303 e. The lowest BCUT2D eigenvalue weighted by Gasteiger charge is -2.28. The van der Waals surface area contributed by atoms with Gasteiger partial charge in [-0.25, -0.2) is 0 Å². The van der Waals surface area contributed by atoms with Gasteiger partial charge in [-0.1, -0.05) is 12.8 Å². The van der Waals surface area contributed by atoms with Crippen LogP contribution in [0.25, 0.3) is 0 Å². The molecule has 2 fully saturated rings. The lowest BCUT2D eigenvalue weighted by Crippen LogP contribution is -2.35. The normalized spacial score (nSPS) is 27.0. The molecule has 2 saturated carbocycles. The molecule has 0 bridgehead atoms. The van der Waals surface area contributed by atoms with E-state index in [9.17, 15) is 0 Å². The van der Waals surface area contributed by atoms with Gasteiger partial charge in [-0.2, -0.15) is 12.6 Å². The van der Waals surface area contributed by atoms with Crippen molar-refractivity contribution in [2.24, 2.45) is 5.41 Å². The maximum atomic E-state index is 4.45. The van der Waals surface area contributed by atoms with Crippen LogP contribution in [0.3, 0.4) is 0 Å². The van der Waals surface area contributed by atoms with Crippen molar-refractivity contribution in [1.29, 1.82) is 0 Å². The Kier molecular flexibility index (Phi) is 2.89. The maximum absolute atomic E-state index is 4.45. The van der Waals surface area contributed by atoms with Gasteiger partial charge in [0, 0.05) is 12.6 Å². The Bertz CT molecular complexity index is 171. The largest absolute Gasteiger partial charge is 0.303 e. The molecule has 1 nitrogen and oxygen atoms in total. The summed E-state index contributed by atoms with van der Waals surface area (Å²) in [7, 11) is 2.31. The van der Waals surface area contributed by atoms with Crippen molar-refractivity contribution in [2.75, 3.05) is 19.3 Å². The third-order valence-electron chi connectivity index (χ3n) is 3.83. The van der Waals surface area contributed by atoms with Crippen molar-refractivity contribution >= 4 is 12.6 Å². The van der Waals surface area contributed by atoms with E-state index >= 15 is 0 Å². The zero-order valence-electron chi connectivity index (χ0n) is 8.63. The minimum absolute atomic E-state index is 0.612. The first-order valence-electron chi connectivity index (χ1n) is 5.57. The molecule has 0 heterocycles. The van der Waals surface area contributed by atoms with Crippen molar-refractivity contribution in [3.8, 4) is 0 Å². The predicted octanol–water partition coefficient (Wildman–Crippen LogP) is 2.57. The summed E-state index contributed by atoms with van der Waals surface area (Å²) in [4.78, 5) is 2.59. The van der Waals surface area contributed by atoms with E-state index in [1.807, 2.05) is 0 Å². The van der Waals surface area contributed by atoms with Crippen molar-refractivity contribution in [2.45, 2.75) is 44.6 Å². The standard InChI is InChI=1S/C11H21NS/c1-12(10-4-2-3-5-10)8-11(9-13)6-7-11/h10,13H,2-9H2,1H3. The zero-order valence-corrected chi connectivity index (χ0v) is 9.52. The molecule has 0 aromatic rings. The minimum atomic E-state index is 0.612. The van der Waals surface area contributed by atoms with Crippen LogP contribution in [-0.2, 0) is 0 Å². The number of thiol groups is 1. The Balaban J connectivity index is 1.80. The van der Waals surface area contributed by atoms with E-state index in [1.54, 1.807) is 0 Å². The van der Waals surface area contributed by atoms with Crippen LogP contribution in [0.5, 0.6) is 0 Å². The van der Waals surface area contributed by atoms with Crippen LogP contribution in [0.4, 0.5) is 0 Å². The van der Waals surface area contributed by atoms with Gasteiger partial charge in [-0.3, -0.25) is 0 Å². The quantitative estimate of drug-likeness (QED) is 0.681. The lowest BCUT2D eigenvalue weighted by molar-refractivity contribution is 0.208. The third-order valence-corrected chi connectivity index (χ3v) is 4.50. The topological polar surface area (TPSA) is 3.24 Å². The lowest BCUT2D eigenvalue weighted by atomic mass is 10.1. The number of hydrogen-bond acceptors (Lipinski definition) is 2. The molecule has 0 radical (unpaired) electrons. The summed E-state index contributed by atoms with van der Waals surface area (Å²) >= 11 is 4.45. The van der Waals surface area contributed by atoms with Gasteiger partial charge < -0.3 is 4.90 Å². The predicted molar refractivity (Wildman–Crippen MR) is 60.4 cm³/mol. The van der Waals surface area contributed by atoms with Crippen LogP contribution >= 0.6 is 12.6 Å². The molecule has 0 N–H and O–H groups in total. The van der Waals surface area contributed by atoms with Gasteiger partial charge in [-0.05, 0) is 43.9 Å². The molecule has 0 amide bonds. The first kappa shape index (κ1) is 9.85. The van der Waals surface area contributed by atoms with Gasteiger partial charge in [0.15, 0.2) is 0 Å². The molecule has 2 rings (SSSR count). The molecule has 76 valence electrons. The van der Waals surface area contributed by atoms with Crippen molar-refractivity contribution < 1.29 is 0 Å². The Morgan fingerprint density at radius 2 is 1.92 bits per heavy atom. The number of rotatable bonds is 4. The zero-order chi connectivity index (χ0) is 9.31. The maximum Gasteiger partial charge on any atom is 0.00924 e. The Labute approximate surface area is 87.3 Å². The van der Waals surface area contributed by atoms with Gasteiger partial charge in [-0.15, -0.1) is 0 Å². The van der Waals surface area contributed by atoms with Crippen LogP contribution in [-0.4, -0.2) is 30.3 Å². The molecule has 2 aliphatic rings. The summed E-state index contributed by atoms with van der Waals surface area (Å²) in [5.74, 6) is 1.09. The molecule has 0 aromatic heterocycles. The highest BCUT2D eigenvalue weighted by Gasteiger charge is 2.42. The second-order valence-corrected chi connectivity index (χ2v) is 5.33. The SMILES string of the molecule is CN(CC1(CS)CC1)C1CCCC1. The average Bonchev–Trinajstić information content (AvgIpc) is 2.69. The first-order chi connectivity index (χ1) is 6.26. The van der Waals surface area contributed by atoms with Crippen molar-refractivity contribution in [3.63, 3.8) is 0 Å². The fraction of sp³-hybridized carbons (Fsp3) is 1.00. The monoisotopic (exact) mass is 199 g/mol. The van der Waals surface area contributed by atoms with E-state index in [0.29, 0.717) is 5.41 Å². The summed E-state index contributed by atoms with van der Waals surface area (Å²) in [6, 6.07) is 0.886. The van der Waals surface area contributed by atoms with E-state index in [2.05, 4.69) is 24.6 Å². The van der Waals surface area contributed by atoms with E-state index in [0.717, 1.165) is 11.8 Å². The fourth-order valence-corrected chi connectivity index (χ4v) is 2.96. The molecule has 2 heteroatoms. The molecular formula is C11H21NS. The van der Waals surface area contributed by atoms with E-state index in [-0.39, 0.29) is 0 Å². The Hall–Kier alpha value is 0.310. The number of nitrogens with zero attached hydrogens (tertiary/aromatic N) is 1. The molecule has 2 aliphatic carbocycles. The summed E-state index contributed by atoms with van der Waals surface area (Å²) in [6.07, 6.45) is 8.57. The summed E-state index contributed by atoms with van der Waals surface area (Å²) in [6.45, 7) is 1.29. The molecule has 0 spiro atoms. The average molecular weight is 199 g/mol. The van der Waals surface area contributed by atoms with Crippen LogP contribution in [0, 0.1) is 5.41 Å². The Morgan fingerprint density at radius 1 is 1.31 bits per heavy atom. The summed E-state index contributed by atoms with van der Waals surface area (Å²) in [5, 5.41) is 0. The van der Waals surface area contributed by atoms with E-state index in [1.165, 1.54) is 45.1 Å². The molecule has 0 saturated heterocycles. The smallest absolute Gasteiger partial charge is 0.00924 e. The molecular weight excluding hydrogens is 178 g/mol. The fourth-order valence-electron chi connectivity index (χ4n) is 2.55. The molecule has 0 aliphatic heterocycles. The van der Waals surface area contributed by atoms with Crippen LogP contribution < -0.4 is 0 Å². The van der Waals surface area contributed by atoms with Gasteiger partial charge >= 0.3 is 0 Å². The highest BCUT2D eigenvalue weighted by atomic mass is 32.1. The van der Waals surface area contributed by atoms with Crippen LogP contribution in [0.1, 0.15) is 38.5 Å². The second-order valence-electron chi connectivity index (χ2n) is 5.01. The van der Waals surface area contributed by atoms with E-state index in [4.69, 9.17) is 0 Å². The van der Waals surface area contributed by atoms with Gasteiger partial charge in [0.05, 0.1) is 0 Å². The summed E-state index contributed by atoms with van der Waals surface area (Å²) in [5.41, 5.74) is 0.612. The summed E-state index contributed by atoms with van der Waals surface area (Å²) < 4.78 is 0. The number of hydrogen-bond donors (Lipinski definition) is 1. The second kappa shape index (κ2) is 3.82. The van der Waals surface area contributed by atoms with Crippen LogP contribution in [0.15, 0.2) is 0 Å². The van der Waals surface area contributed by atoms with Crippen molar-refractivity contribution in [1.82, 2.24) is 4.90 Å². The van der Waals surface area contributed by atoms with E-state index < -0.39 is 0 Å². The van der Waals surface area contributed by atoms with Crippen molar-refractivity contribution in [3.05, 3.63) is 0 Å². The van der Waals surface area contributed by atoms with Gasteiger partial charge in [0.2, 0.25) is 0 Å². The molecule has 0 unspecified atom stereocenters. The van der Waals surface area contributed by atoms with Crippen LogP contribution in [0.2, 0.25) is 0 Å². The van der Waals surface area contributed by atoms with Gasteiger partial charge in [0.1, 0.15) is 0 Å².